The van der Waals surface area contributed by atoms with E-state index in [2.05, 4.69) is 16.9 Å². The smallest absolute Gasteiger partial charge is 0.340 e. The average molecular weight is 312 g/mol. The number of aryl methyl sites for hydroxylation is 1. The van der Waals surface area contributed by atoms with Crippen molar-refractivity contribution in [3.8, 4) is 0 Å². The minimum absolute atomic E-state index is 0.173. The first kappa shape index (κ1) is 17.9. The maximum absolute atomic E-state index is 11.4. The van der Waals surface area contributed by atoms with E-state index in [-0.39, 0.29) is 11.5 Å². The van der Waals surface area contributed by atoms with Crippen LogP contribution in [0, 0.1) is 6.92 Å². The van der Waals surface area contributed by atoms with E-state index in [4.69, 9.17) is 4.74 Å². The van der Waals surface area contributed by atoms with Gasteiger partial charge in [-0.25, -0.2) is 14.8 Å². The molecule has 0 aliphatic carbocycles. The topological polar surface area (TPSA) is 72.3 Å². The Hall–Kier alpha value is -1.14. The van der Waals surface area contributed by atoms with Crippen molar-refractivity contribution in [2.75, 3.05) is 19.0 Å². The van der Waals surface area contributed by atoms with Crippen molar-refractivity contribution >= 4 is 17.7 Å². The molecule has 0 fully saturated rings. The summed E-state index contributed by atoms with van der Waals surface area (Å²) in [5.41, 5.74) is 0.730. The Morgan fingerprint density at radius 2 is 2.05 bits per heavy atom. The Balaban J connectivity index is 2.76. The number of hydrogen-bond donors (Lipinski definition) is 1. The van der Waals surface area contributed by atoms with Gasteiger partial charge in [-0.05, 0) is 13.3 Å². The average Bonchev–Trinajstić information content (AvgIpc) is 2.41. The molecule has 0 saturated carbocycles. The van der Waals surface area contributed by atoms with E-state index in [1.54, 1.807) is 6.92 Å². The quantitative estimate of drug-likeness (QED) is 0.427. The molecule has 1 rings (SSSR count). The van der Waals surface area contributed by atoms with Crippen LogP contribution in [0.2, 0.25) is 0 Å². The van der Waals surface area contributed by atoms with Gasteiger partial charge in [-0.2, -0.15) is 0 Å². The number of hydrogen-bond acceptors (Lipinski definition) is 5. The molecule has 0 atom stereocenters. The highest BCUT2D eigenvalue weighted by atomic mass is 32.2. The van der Waals surface area contributed by atoms with Crippen molar-refractivity contribution in [1.29, 1.82) is 0 Å². The molecule has 0 aromatic carbocycles. The normalized spacial score (nSPS) is 11.1. The third-order valence-corrected chi connectivity index (χ3v) is 3.85. The number of aromatic carboxylic acids is 1. The molecule has 5 nitrogen and oxygen atoms in total. The fraction of sp³-hybridized carbons (Fsp3) is 0.667. The Bertz CT molecular complexity index is 478. The number of ether oxygens (including phenoxy) is 1. The largest absolute Gasteiger partial charge is 0.478 e. The van der Waals surface area contributed by atoms with E-state index in [1.807, 2.05) is 13.8 Å². The second-order valence-corrected chi connectivity index (χ2v) is 6.21. The maximum Gasteiger partial charge on any atom is 0.340 e. The molecule has 118 valence electrons. The molecule has 0 aliphatic rings. The fourth-order valence-corrected chi connectivity index (χ4v) is 2.65. The van der Waals surface area contributed by atoms with E-state index in [0.717, 1.165) is 19.4 Å². The van der Waals surface area contributed by atoms with Gasteiger partial charge in [-0.15, -0.1) is 11.8 Å². The summed E-state index contributed by atoms with van der Waals surface area (Å²) in [4.78, 5) is 20.1. The molecular formula is C15H24N2O3S. The van der Waals surface area contributed by atoms with Gasteiger partial charge in [0.1, 0.15) is 16.4 Å². The van der Waals surface area contributed by atoms with Crippen LogP contribution in [0.3, 0.4) is 0 Å². The summed E-state index contributed by atoms with van der Waals surface area (Å²) in [6.45, 7) is 9.19. The number of rotatable bonds is 9. The van der Waals surface area contributed by atoms with Crippen molar-refractivity contribution in [3.05, 3.63) is 17.1 Å². The van der Waals surface area contributed by atoms with Crippen LogP contribution in [0.15, 0.2) is 5.03 Å². The van der Waals surface area contributed by atoms with Gasteiger partial charge in [-0.3, -0.25) is 0 Å². The van der Waals surface area contributed by atoms with Crippen LogP contribution in [-0.4, -0.2) is 40.0 Å². The van der Waals surface area contributed by atoms with Crippen LogP contribution in [0.5, 0.6) is 0 Å². The zero-order valence-corrected chi connectivity index (χ0v) is 14.0. The summed E-state index contributed by atoms with van der Waals surface area (Å²) in [7, 11) is 0. The molecular weight excluding hydrogens is 288 g/mol. The highest BCUT2D eigenvalue weighted by molar-refractivity contribution is 7.99. The Kier molecular flexibility index (Phi) is 7.67. The molecule has 0 unspecified atom stereocenters. The SMILES string of the molecule is CCCCOCCSc1nc(C(C)C)nc(C)c1C(=O)O. The van der Waals surface area contributed by atoms with Crippen molar-refractivity contribution in [2.45, 2.75) is 51.5 Å². The maximum atomic E-state index is 11.4. The summed E-state index contributed by atoms with van der Waals surface area (Å²) in [6.07, 6.45) is 2.16. The van der Waals surface area contributed by atoms with Gasteiger partial charge in [-0.1, -0.05) is 27.2 Å². The number of aromatic nitrogens is 2. The molecule has 0 bridgehead atoms. The molecule has 0 spiro atoms. The molecule has 1 heterocycles. The standard InChI is InChI=1S/C15H24N2O3S/c1-5-6-7-20-8-9-21-14-12(15(18)19)11(4)16-13(17-14)10(2)3/h10H,5-9H2,1-4H3,(H,18,19). The molecule has 1 N–H and O–H groups in total. The second-order valence-electron chi connectivity index (χ2n) is 5.12. The first-order valence-electron chi connectivity index (χ1n) is 7.29. The Morgan fingerprint density at radius 1 is 1.33 bits per heavy atom. The van der Waals surface area contributed by atoms with E-state index in [0.29, 0.717) is 28.9 Å². The summed E-state index contributed by atoms with van der Waals surface area (Å²) >= 11 is 1.42. The zero-order valence-electron chi connectivity index (χ0n) is 13.2. The lowest BCUT2D eigenvalue weighted by atomic mass is 10.2. The third-order valence-electron chi connectivity index (χ3n) is 2.91. The summed E-state index contributed by atoms with van der Waals surface area (Å²) in [5.74, 6) is 0.577. The summed E-state index contributed by atoms with van der Waals surface area (Å²) in [5, 5.41) is 9.86. The van der Waals surface area contributed by atoms with Gasteiger partial charge in [0.2, 0.25) is 0 Å². The lowest BCUT2D eigenvalue weighted by molar-refractivity contribution is 0.0690. The van der Waals surface area contributed by atoms with E-state index in [1.165, 1.54) is 11.8 Å². The monoisotopic (exact) mass is 312 g/mol. The molecule has 0 saturated heterocycles. The van der Waals surface area contributed by atoms with E-state index < -0.39 is 5.97 Å². The lowest BCUT2D eigenvalue weighted by Gasteiger charge is -2.12. The van der Waals surface area contributed by atoms with E-state index in [9.17, 15) is 9.90 Å². The predicted molar refractivity (Wildman–Crippen MR) is 84.3 cm³/mol. The van der Waals surface area contributed by atoms with Crippen LogP contribution in [0.25, 0.3) is 0 Å². The first-order chi connectivity index (χ1) is 9.97. The minimum Gasteiger partial charge on any atom is -0.478 e. The van der Waals surface area contributed by atoms with Gasteiger partial charge in [0.25, 0.3) is 0 Å². The molecule has 0 aliphatic heterocycles. The molecule has 1 aromatic rings. The summed E-state index contributed by atoms with van der Waals surface area (Å²) < 4.78 is 5.49. The van der Waals surface area contributed by atoms with Crippen LogP contribution in [0.4, 0.5) is 0 Å². The predicted octanol–water partition coefficient (Wildman–Crippen LogP) is 3.52. The van der Waals surface area contributed by atoms with Gasteiger partial charge >= 0.3 is 5.97 Å². The number of carboxylic acid groups (broad SMARTS) is 1. The molecule has 21 heavy (non-hydrogen) atoms. The Labute approximate surface area is 130 Å². The zero-order chi connectivity index (χ0) is 15.8. The minimum atomic E-state index is -0.975. The number of unbranched alkanes of at least 4 members (excludes halogenated alkanes) is 1. The number of carbonyl (C=O) groups is 1. The third kappa shape index (κ3) is 5.63. The molecule has 1 aromatic heterocycles. The van der Waals surface area contributed by atoms with Crippen molar-refractivity contribution in [2.24, 2.45) is 0 Å². The van der Waals surface area contributed by atoms with Crippen LogP contribution >= 0.6 is 11.8 Å². The van der Waals surface area contributed by atoms with Gasteiger partial charge in [0, 0.05) is 18.3 Å². The molecule has 6 heteroatoms. The molecule has 0 amide bonds. The second kappa shape index (κ2) is 9.00. The lowest BCUT2D eigenvalue weighted by Crippen LogP contribution is -2.11. The van der Waals surface area contributed by atoms with Crippen LogP contribution in [0.1, 0.15) is 61.4 Å². The van der Waals surface area contributed by atoms with Gasteiger partial charge in [0.15, 0.2) is 0 Å². The highest BCUT2D eigenvalue weighted by Gasteiger charge is 2.19. The highest BCUT2D eigenvalue weighted by Crippen LogP contribution is 2.24. The van der Waals surface area contributed by atoms with Crippen molar-refractivity contribution in [3.63, 3.8) is 0 Å². The van der Waals surface area contributed by atoms with Crippen LogP contribution in [-0.2, 0) is 4.74 Å². The van der Waals surface area contributed by atoms with Gasteiger partial charge in [0.05, 0.1) is 12.3 Å². The van der Waals surface area contributed by atoms with Gasteiger partial charge < -0.3 is 9.84 Å². The van der Waals surface area contributed by atoms with E-state index >= 15 is 0 Å². The molecule has 0 radical (unpaired) electrons. The van der Waals surface area contributed by atoms with Crippen molar-refractivity contribution < 1.29 is 14.6 Å². The number of thioether (sulfide) groups is 1. The number of nitrogens with zero attached hydrogens (tertiary/aromatic N) is 2. The first-order valence-corrected chi connectivity index (χ1v) is 8.28. The Morgan fingerprint density at radius 3 is 2.62 bits per heavy atom. The fourth-order valence-electron chi connectivity index (χ4n) is 1.72. The number of carboxylic acids is 1. The summed E-state index contributed by atoms with van der Waals surface area (Å²) in [6, 6.07) is 0. The van der Waals surface area contributed by atoms with Crippen molar-refractivity contribution in [1.82, 2.24) is 9.97 Å². The van der Waals surface area contributed by atoms with Crippen LogP contribution < -0.4 is 0 Å².